The van der Waals surface area contributed by atoms with Crippen molar-refractivity contribution in [1.29, 1.82) is 0 Å². The van der Waals surface area contributed by atoms with E-state index >= 15 is 0 Å². The molecule has 0 saturated heterocycles. The molecule has 2 N–H and O–H groups in total. The molecule has 162 valence electrons. The summed E-state index contributed by atoms with van der Waals surface area (Å²) in [6.45, 7) is 1.61. The Balaban J connectivity index is 1.58. The second-order valence-electron chi connectivity index (χ2n) is 6.60. The Morgan fingerprint density at radius 3 is 2.23 bits per heavy atom. The summed E-state index contributed by atoms with van der Waals surface area (Å²) in [4.78, 5) is 12.2. The summed E-state index contributed by atoms with van der Waals surface area (Å²) >= 11 is 5.91. The van der Waals surface area contributed by atoms with Crippen molar-refractivity contribution in [1.82, 2.24) is 0 Å². The molecule has 0 spiro atoms. The zero-order valence-corrected chi connectivity index (χ0v) is 18.5. The number of carbonyl (C=O) groups excluding carboxylic acids is 1. The number of nitrogens with one attached hydrogen (secondary N) is 2. The first-order chi connectivity index (χ1) is 14.8. The molecule has 3 aromatic rings. The van der Waals surface area contributed by atoms with Gasteiger partial charge in [-0.15, -0.1) is 0 Å². The van der Waals surface area contributed by atoms with Crippen molar-refractivity contribution < 1.29 is 22.7 Å². The van der Waals surface area contributed by atoms with Crippen molar-refractivity contribution in [2.24, 2.45) is 0 Å². The van der Waals surface area contributed by atoms with Gasteiger partial charge in [-0.3, -0.25) is 9.52 Å². The highest BCUT2D eigenvalue weighted by Crippen LogP contribution is 2.22. The number of carbonyl (C=O) groups is 1. The van der Waals surface area contributed by atoms with Crippen LogP contribution >= 0.6 is 11.6 Å². The maximum absolute atomic E-state index is 12.5. The largest absolute Gasteiger partial charge is 0.497 e. The lowest BCUT2D eigenvalue weighted by Crippen LogP contribution is -2.20. The fraction of sp³-hybridized carbons (Fsp3) is 0.136. The lowest BCUT2D eigenvalue weighted by Gasteiger charge is -2.11. The molecular formula is C22H21ClN2O5S. The van der Waals surface area contributed by atoms with E-state index in [1.165, 1.54) is 31.4 Å². The molecule has 0 radical (unpaired) electrons. The molecule has 0 saturated carbocycles. The number of methoxy groups -OCH3 is 1. The van der Waals surface area contributed by atoms with Gasteiger partial charge in [0.05, 0.1) is 12.0 Å². The second kappa shape index (κ2) is 9.72. The van der Waals surface area contributed by atoms with Crippen LogP contribution in [0.2, 0.25) is 5.02 Å². The van der Waals surface area contributed by atoms with Crippen LogP contribution in [-0.2, 0) is 14.8 Å². The molecule has 0 aliphatic rings. The molecule has 0 heterocycles. The molecule has 9 heteroatoms. The highest BCUT2D eigenvalue weighted by molar-refractivity contribution is 7.92. The monoisotopic (exact) mass is 460 g/mol. The average Bonchev–Trinajstić information content (AvgIpc) is 2.75. The summed E-state index contributed by atoms with van der Waals surface area (Å²) < 4.78 is 38.1. The lowest BCUT2D eigenvalue weighted by atomic mass is 10.2. The molecule has 0 aliphatic heterocycles. The summed E-state index contributed by atoms with van der Waals surface area (Å²) in [5, 5.41) is 3.33. The van der Waals surface area contributed by atoms with Gasteiger partial charge in [-0.2, -0.15) is 0 Å². The SMILES string of the molecule is COc1ccc(NS(=O)(=O)c2ccc(OCC(=O)Nc3ccc(Cl)cc3C)cc2)cc1. The Kier molecular flexibility index (Phi) is 7.04. The van der Waals surface area contributed by atoms with Gasteiger partial charge in [0.15, 0.2) is 6.61 Å². The van der Waals surface area contributed by atoms with E-state index in [9.17, 15) is 13.2 Å². The molecule has 0 bridgehead atoms. The molecule has 0 fully saturated rings. The zero-order valence-electron chi connectivity index (χ0n) is 16.9. The standard InChI is InChI=1S/C22H21ClN2O5S/c1-15-13-16(23)3-12-21(15)24-22(26)14-30-19-8-10-20(11-9-19)31(27,28)25-17-4-6-18(29-2)7-5-17/h3-13,25H,14H2,1-2H3,(H,24,26). The predicted molar refractivity (Wildman–Crippen MR) is 121 cm³/mol. The first-order valence-corrected chi connectivity index (χ1v) is 11.1. The number of anilines is 2. The van der Waals surface area contributed by atoms with E-state index in [1.807, 2.05) is 6.92 Å². The molecule has 1 amide bonds. The Bertz CT molecular complexity index is 1160. The molecule has 0 unspecified atom stereocenters. The summed E-state index contributed by atoms with van der Waals surface area (Å²) in [7, 11) is -2.23. The minimum atomic E-state index is -3.77. The van der Waals surface area contributed by atoms with Crippen molar-refractivity contribution in [3.63, 3.8) is 0 Å². The fourth-order valence-electron chi connectivity index (χ4n) is 2.69. The number of aryl methyl sites for hydroxylation is 1. The molecule has 3 aromatic carbocycles. The summed E-state index contributed by atoms with van der Waals surface area (Å²) in [6, 6.07) is 17.5. The first kappa shape index (κ1) is 22.5. The van der Waals surface area contributed by atoms with Crippen LogP contribution in [0.3, 0.4) is 0 Å². The van der Waals surface area contributed by atoms with Gasteiger partial charge in [0.2, 0.25) is 0 Å². The van der Waals surface area contributed by atoms with Gasteiger partial charge in [-0.05, 0) is 79.2 Å². The topological polar surface area (TPSA) is 93.7 Å². The van der Waals surface area contributed by atoms with Crippen molar-refractivity contribution in [3.8, 4) is 11.5 Å². The van der Waals surface area contributed by atoms with Crippen LogP contribution in [0.25, 0.3) is 0 Å². The molecule has 0 atom stereocenters. The van der Waals surface area contributed by atoms with Gasteiger partial charge in [0.25, 0.3) is 15.9 Å². The van der Waals surface area contributed by atoms with Gasteiger partial charge in [0, 0.05) is 16.4 Å². The maximum Gasteiger partial charge on any atom is 0.262 e. The quantitative estimate of drug-likeness (QED) is 0.517. The normalized spacial score (nSPS) is 10.9. The smallest absolute Gasteiger partial charge is 0.262 e. The van der Waals surface area contributed by atoms with Crippen molar-refractivity contribution in [2.75, 3.05) is 23.8 Å². The second-order valence-corrected chi connectivity index (χ2v) is 8.72. The number of benzene rings is 3. The van der Waals surface area contributed by atoms with Crippen LogP contribution in [0.5, 0.6) is 11.5 Å². The van der Waals surface area contributed by atoms with E-state index in [4.69, 9.17) is 21.1 Å². The van der Waals surface area contributed by atoms with E-state index in [0.717, 1.165) is 5.56 Å². The number of amides is 1. The van der Waals surface area contributed by atoms with Gasteiger partial charge >= 0.3 is 0 Å². The fourth-order valence-corrected chi connectivity index (χ4v) is 3.98. The summed E-state index contributed by atoms with van der Waals surface area (Å²) in [5.74, 6) is 0.648. The lowest BCUT2D eigenvalue weighted by molar-refractivity contribution is -0.118. The number of hydrogen-bond acceptors (Lipinski definition) is 5. The van der Waals surface area contributed by atoms with E-state index < -0.39 is 10.0 Å². The highest BCUT2D eigenvalue weighted by Gasteiger charge is 2.14. The Labute approximate surface area is 186 Å². The van der Waals surface area contributed by atoms with Crippen LogP contribution in [0.4, 0.5) is 11.4 Å². The number of ether oxygens (including phenoxy) is 2. The predicted octanol–water partition coefficient (Wildman–Crippen LogP) is 4.48. The van der Waals surface area contributed by atoms with Crippen molar-refractivity contribution in [3.05, 3.63) is 77.3 Å². The van der Waals surface area contributed by atoms with E-state index in [-0.39, 0.29) is 17.4 Å². The van der Waals surface area contributed by atoms with Crippen LogP contribution < -0.4 is 19.5 Å². The van der Waals surface area contributed by atoms with Gasteiger partial charge in [-0.1, -0.05) is 11.6 Å². The molecule has 0 aliphatic carbocycles. The minimum absolute atomic E-state index is 0.0666. The van der Waals surface area contributed by atoms with Crippen LogP contribution in [0, 0.1) is 6.92 Å². The minimum Gasteiger partial charge on any atom is -0.497 e. The Morgan fingerprint density at radius 1 is 0.968 bits per heavy atom. The molecule has 31 heavy (non-hydrogen) atoms. The third-order valence-electron chi connectivity index (χ3n) is 4.31. The van der Waals surface area contributed by atoms with E-state index in [0.29, 0.717) is 27.9 Å². The molecule has 0 aromatic heterocycles. The van der Waals surface area contributed by atoms with Crippen LogP contribution in [-0.4, -0.2) is 28.0 Å². The third kappa shape index (κ3) is 6.13. The number of sulfonamides is 1. The first-order valence-electron chi connectivity index (χ1n) is 9.22. The Morgan fingerprint density at radius 2 is 1.61 bits per heavy atom. The maximum atomic E-state index is 12.5. The number of rotatable bonds is 8. The molecular weight excluding hydrogens is 440 g/mol. The average molecular weight is 461 g/mol. The highest BCUT2D eigenvalue weighted by atomic mass is 35.5. The van der Waals surface area contributed by atoms with Crippen molar-refractivity contribution >= 4 is 38.9 Å². The number of hydrogen-bond donors (Lipinski definition) is 2. The number of halogens is 1. The van der Waals surface area contributed by atoms with E-state index in [2.05, 4.69) is 10.0 Å². The van der Waals surface area contributed by atoms with Gasteiger partial charge < -0.3 is 14.8 Å². The van der Waals surface area contributed by atoms with Crippen LogP contribution in [0.15, 0.2) is 71.6 Å². The van der Waals surface area contributed by atoms with Gasteiger partial charge in [-0.25, -0.2) is 8.42 Å². The van der Waals surface area contributed by atoms with Gasteiger partial charge in [0.1, 0.15) is 11.5 Å². The third-order valence-corrected chi connectivity index (χ3v) is 5.94. The van der Waals surface area contributed by atoms with Crippen molar-refractivity contribution in [2.45, 2.75) is 11.8 Å². The zero-order chi connectivity index (χ0) is 22.4. The molecule has 7 nitrogen and oxygen atoms in total. The summed E-state index contributed by atoms with van der Waals surface area (Å²) in [5.41, 5.74) is 1.89. The van der Waals surface area contributed by atoms with E-state index in [1.54, 1.807) is 42.5 Å². The molecule has 3 rings (SSSR count). The Hall–Kier alpha value is -3.23. The van der Waals surface area contributed by atoms with Crippen LogP contribution in [0.1, 0.15) is 5.56 Å². The summed E-state index contributed by atoms with van der Waals surface area (Å²) in [6.07, 6.45) is 0.